The monoisotopic (exact) mass is 598 g/mol. The molecule has 12 heteroatoms. The molecule has 1 aliphatic rings. The van der Waals surface area contributed by atoms with Crippen LogP contribution in [0.2, 0.25) is 0 Å². The van der Waals surface area contributed by atoms with Crippen molar-refractivity contribution in [3.05, 3.63) is 107 Å². The first kappa shape index (κ1) is 27.3. The van der Waals surface area contributed by atoms with Crippen LogP contribution >= 0.6 is 22.7 Å². The van der Waals surface area contributed by atoms with Gasteiger partial charge in [-0.3, -0.25) is 0 Å². The summed E-state index contributed by atoms with van der Waals surface area (Å²) in [7, 11) is -7.80. The zero-order valence-corrected chi connectivity index (χ0v) is 24.1. The molecule has 1 saturated heterocycles. The SMILES string of the molecule is O=S(=O)(N=C(c1ccccc1)N1CCCN(C(=NS(=O)(=O)c2cccs2)c2ccccc2)CC1)c1cccs1. The van der Waals surface area contributed by atoms with E-state index in [2.05, 4.69) is 8.80 Å². The number of hydrogen-bond donors (Lipinski definition) is 0. The Hall–Kier alpha value is -3.32. The van der Waals surface area contributed by atoms with Crippen molar-refractivity contribution in [2.24, 2.45) is 8.80 Å². The molecule has 8 nitrogen and oxygen atoms in total. The van der Waals surface area contributed by atoms with E-state index in [9.17, 15) is 16.8 Å². The van der Waals surface area contributed by atoms with Crippen LogP contribution < -0.4 is 0 Å². The van der Waals surface area contributed by atoms with Crippen molar-refractivity contribution >= 4 is 54.4 Å². The molecule has 0 bridgehead atoms. The van der Waals surface area contributed by atoms with Gasteiger partial charge in [0.05, 0.1) is 0 Å². The molecule has 0 spiro atoms. The summed E-state index contributed by atoms with van der Waals surface area (Å²) in [5.74, 6) is 0.741. The van der Waals surface area contributed by atoms with Crippen LogP contribution in [-0.2, 0) is 20.0 Å². The van der Waals surface area contributed by atoms with Gasteiger partial charge in [0, 0.05) is 37.3 Å². The smallest absolute Gasteiger partial charge is 0.293 e. The quantitative estimate of drug-likeness (QED) is 0.234. The Kier molecular flexibility index (Phi) is 8.26. The molecular formula is C27H26N4O4S4. The Balaban J connectivity index is 1.49. The maximum atomic E-state index is 13.1. The van der Waals surface area contributed by atoms with Crippen molar-refractivity contribution in [1.82, 2.24) is 9.80 Å². The molecule has 3 heterocycles. The lowest BCUT2D eigenvalue weighted by Gasteiger charge is -2.26. The lowest BCUT2D eigenvalue weighted by Crippen LogP contribution is -2.38. The number of amidine groups is 2. The number of thiophene rings is 2. The number of nitrogens with zero attached hydrogens (tertiary/aromatic N) is 4. The van der Waals surface area contributed by atoms with Crippen LogP contribution in [0.3, 0.4) is 0 Å². The first-order chi connectivity index (χ1) is 18.8. The molecule has 4 aromatic rings. The van der Waals surface area contributed by atoms with Gasteiger partial charge in [-0.15, -0.1) is 31.5 Å². The van der Waals surface area contributed by atoms with Gasteiger partial charge in [-0.25, -0.2) is 0 Å². The van der Waals surface area contributed by atoms with Crippen LogP contribution in [0.4, 0.5) is 0 Å². The predicted octanol–water partition coefficient (Wildman–Crippen LogP) is 4.79. The highest BCUT2D eigenvalue weighted by molar-refractivity contribution is 7.92. The molecule has 0 N–H and O–H groups in total. The molecule has 39 heavy (non-hydrogen) atoms. The Morgan fingerprint density at radius 1 is 0.564 bits per heavy atom. The summed E-state index contributed by atoms with van der Waals surface area (Å²) in [5.41, 5.74) is 1.40. The second-order valence-electron chi connectivity index (χ2n) is 8.70. The number of hydrogen-bond acceptors (Lipinski definition) is 6. The third kappa shape index (κ3) is 6.47. The summed E-state index contributed by atoms with van der Waals surface area (Å²) in [6, 6.07) is 25.0. The highest BCUT2D eigenvalue weighted by atomic mass is 32.3. The maximum absolute atomic E-state index is 13.1. The van der Waals surface area contributed by atoms with Crippen molar-refractivity contribution in [3.63, 3.8) is 0 Å². The molecule has 2 aromatic heterocycles. The van der Waals surface area contributed by atoms with E-state index in [1.807, 2.05) is 70.5 Å². The van der Waals surface area contributed by atoms with E-state index >= 15 is 0 Å². The van der Waals surface area contributed by atoms with Crippen molar-refractivity contribution in [2.75, 3.05) is 26.2 Å². The summed E-state index contributed by atoms with van der Waals surface area (Å²) in [6.45, 7) is 1.95. The minimum atomic E-state index is -3.90. The Labute approximate surface area is 236 Å². The first-order valence-electron chi connectivity index (χ1n) is 12.2. The van der Waals surface area contributed by atoms with Gasteiger partial charge in [0.15, 0.2) is 0 Å². The Morgan fingerprint density at radius 3 is 1.33 bits per heavy atom. The molecule has 202 valence electrons. The number of rotatable bonds is 6. The minimum Gasteiger partial charge on any atom is -0.354 e. The summed E-state index contributed by atoms with van der Waals surface area (Å²) < 4.78 is 61.5. The fraction of sp³-hybridized carbons (Fsp3) is 0.185. The van der Waals surface area contributed by atoms with Gasteiger partial charge in [0.2, 0.25) is 0 Å². The van der Waals surface area contributed by atoms with Crippen LogP contribution in [0.15, 0.2) is 113 Å². The minimum absolute atomic E-state index is 0.185. The third-order valence-electron chi connectivity index (χ3n) is 6.07. The average Bonchev–Trinajstić information content (AvgIpc) is 3.65. The number of benzene rings is 2. The highest BCUT2D eigenvalue weighted by Gasteiger charge is 2.26. The van der Waals surface area contributed by atoms with E-state index in [-0.39, 0.29) is 8.42 Å². The molecule has 5 rings (SSSR count). The molecular weight excluding hydrogens is 573 g/mol. The summed E-state index contributed by atoms with van der Waals surface area (Å²) >= 11 is 2.26. The van der Waals surface area contributed by atoms with Crippen molar-refractivity contribution in [1.29, 1.82) is 0 Å². The average molecular weight is 599 g/mol. The van der Waals surface area contributed by atoms with Gasteiger partial charge in [0.1, 0.15) is 20.1 Å². The van der Waals surface area contributed by atoms with Crippen molar-refractivity contribution < 1.29 is 16.8 Å². The van der Waals surface area contributed by atoms with E-state index in [1.54, 1.807) is 35.0 Å². The van der Waals surface area contributed by atoms with E-state index in [0.717, 1.165) is 22.7 Å². The van der Waals surface area contributed by atoms with Crippen molar-refractivity contribution in [2.45, 2.75) is 14.8 Å². The summed E-state index contributed by atoms with van der Waals surface area (Å²) in [4.78, 5) is 3.91. The summed E-state index contributed by atoms with van der Waals surface area (Å²) in [6.07, 6.45) is 0.649. The summed E-state index contributed by atoms with van der Waals surface area (Å²) in [5, 5.41) is 3.42. The Morgan fingerprint density at radius 2 is 0.974 bits per heavy atom. The Bertz CT molecular complexity index is 1530. The fourth-order valence-electron chi connectivity index (χ4n) is 4.24. The van der Waals surface area contributed by atoms with Gasteiger partial charge in [-0.2, -0.15) is 16.8 Å². The molecule has 2 aromatic carbocycles. The van der Waals surface area contributed by atoms with Gasteiger partial charge in [-0.05, 0) is 29.3 Å². The lowest BCUT2D eigenvalue weighted by atomic mass is 10.2. The third-order valence-corrected chi connectivity index (χ3v) is 11.4. The van der Waals surface area contributed by atoms with Crippen LogP contribution in [0.1, 0.15) is 17.5 Å². The van der Waals surface area contributed by atoms with E-state index in [4.69, 9.17) is 0 Å². The normalized spacial score (nSPS) is 15.8. The van der Waals surface area contributed by atoms with Gasteiger partial charge in [0.25, 0.3) is 20.0 Å². The second kappa shape index (κ2) is 11.8. The standard InChI is InChI=1S/C27H26N4O4S4/c32-38(33,24-14-7-20-36-24)28-26(22-10-3-1-4-11-22)30-16-9-17-31(19-18-30)27(23-12-5-2-6-13-23)29-39(34,35)25-15-8-21-37-25/h1-8,10-15,20-21H,9,16-19H2. The van der Waals surface area contributed by atoms with E-state index < -0.39 is 20.0 Å². The van der Waals surface area contributed by atoms with Crippen LogP contribution in [0.5, 0.6) is 0 Å². The molecule has 0 atom stereocenters. The van der Waals surface area contributed by atoms with Gasteiger partial charge < -0.3 is 9.80 Å². The van der Waals surface area contributed by atoms with E-state index in [0.29, 0.717) is 55.4 Å². The molecule has 1 fully saturated rings. The predicted molar refractivity (Wildman–Crippen MR) is 157 cm³/mol. The maximum Gasteiger partial charge on any atom is 0.293 e. The van der Waals surface area contributed by atoms with Crippen LogP contribution in [-0.4, -0.2) is 64.5 Å². The molecule has 0 saturated carbocycles. The highest BCUT2D eigenvalue weighted by Crippen LogP contribution is 2.23. The second-order valence-corrected chi connectivity index (χ2v) is 14.3. The van der Waals surface area contributed by atoms with Gasteiger partial charge in [-0.1, -0.05) is 72.8 Å². The fourth-order valence-corrected chi connectivity index (χ4v) is 8.24. The zero-order valence-electron chi connectivity index (χ0n) is 20.8. The zero-order chi connectivity index (χ0) is 27.3. The van der Waals surface area contributed by atoms with Crippen molar-refractivity contribution in [3.8, 4) is 0 Å². The van der Waals surface area contributed by atoms with Gasteiger partial charge >= 0.3 is 0 Å². The largest absolute Gasteiger partial charge is 0.354 e. The molecule has 0 unspecified atom stereocenters. The van der Waals surface area contributed by atoms with E-state index in [1.165, 1.54) is 0 Å². The molecule has 0 amide bonds. The lowest BCUT2D eigenvalue weighted by molar-refractivity contribution is 0.413. The van der Waals surface area contributed by atoms with Crippen LogP contribution in [0.25, 0.3) is 0 Å². The molecule has 1 aliphatic heterocycles. The first-order valence-corrected chi connectivity index (χ1v) is 16.9. The molecule has 0 radical (unpaired) electrons. The number of sulfonamides is 2. The topological polar surface area (TPSA) is 99.5 Å². The molecule has 0 aliphatic carbocycles. The van der Waals surface area contributed by atoms with Crippen LogP contribution in [0, 0.1) is 0 Å².